The normalized spacial score (nSPS) is 46.7. The van der Waals surface area contributed by atoms with Crippen LogP contribution in [0.15, 0.2) is 11.3 Å². The fraction of sp³-hybridized carbons (Fsp3) is 0.739. The average Bonchev–Trinajstić information content (AvgIpc) is 2.66. The Bertz CT molecular complexity index is 905. The summed E-state index contributed by atoms with van der Waals surface area (Å²) in [6, 6.07) is 0. The van der Waals surface area contributed by atoms with Crippen LogP contribution in [-0.4, -0.2) is 54.0 Å². The number of hydrogen-bond acceptors (Lipinski definition) is 8. The van der Waals surface area contributed by atoms with Crippen molar-refractivity contribution in [1.82, 2.24) is 0 Å². The first kappa shape index (κ1) is 22.0. The van der Waals surface area contributed by atoms with Gasteiger partial charge in [0.2, 0.25) is 5.78 Å². The summed E-state index contributed by atoms with van der Waals surface area (Å²) >= 11 is 0. The largest absolute Gasteiger partial charge is 0.493 e. The summed E-state index contributed by atoms with van der Waals surface area (Å²) in [6.07, 6.45) is -2.77. The van der Waals surface area contributed by atoms with Gasteiger partial charge in [0.25, 0.3) is 0 Å². The van der Waals surface area contributed by atoms with Gasteiger partial charge >= 0.3 is 11.9 Å². The molecular formula is C23H30O8. The maximum absolute atomic E-state index is 13.8. The molecule has 1 unspecified atom stereocenters. The molecule has 31 heavy (non-hydrogen) atoms. The highest BCUT2D eigenvalue weighted by Crippen LogP contribution is 2.67. The van der Waals surface area contributed by atoms with Crippen LogP contribution >= 0.6 is 0 Å². The zero-order chi connectivity index (χ0) is 23.0. The summed E-state index contributed by atoms with van der Waals surface area (Å²) in [6.45, 7) is 8.43. The molecule has 2 saturated carbocycles. The Morgan fingerprint density at radius 1 is 1.23 bits per heavy atom. The molecule has 1 saturated heterocycles. The van der Waals surface area contributed by atoms with E-state index in [1.807, 2.05) is 13.8 Å². The lowest BCUT2D eigenvalue weighted by atomic mass is 9.38. The van der Waals surface area contributed by atoms with Crippen LogP contribution in [0.3, 0.4) is 0 Å². The zero-order valence-electron chi connectivity index (χ0n) is 18.8. The van der Waals surface area contributed by atoms with E-state index in [9.17, 15) is 24.3 Å². The van der Waals surface area contributed by atoms with Crippen molar-refractivity contribution in [2.45, 2.75) is 65.8 Å². The number of ether oxygens (including phenoxy) is 3. The molecular weight excluding hydrogens is 404 g/mol. The molecule has 0 aromatic rings. The number of methoxy groups -OCH3 is 1. The van der Waals surface area contributed by atoms with Crippen LogP contribution in [0.2, 0.25) is 0 Å². The summed E-state index contributed by atoms with van der Waals surface area (Å²) in [5.41, 5.74) is -1.67. The highest BCUT2D eigenvalue weighted by atomic mass is 16.6. The maximum atomic E-state index is 13.8. The monoisotopic (exact) mass is 434 g/mol. The highest BCUT2D eigenvalue weighted by Gasteiger charge is 2.76. The van der Waals surface area contributed by atoms with E-state index in [1.54, 1.807) is 13.8 Å². The SMILES string of the molecule is COC1=C(C)[C@@H]2CC(=O)O[C@@H]3[C@H](OC(C)=O)C4[C@H](C)C[C@H](O)C(=O)[C@]4(C)[C@@H](C1=O)[C@@]32C. The smallest absolute Gasteiger partial charge is 0.306 e. The van der Waals surface area contributed by atoms with Crippen LogP contribution in [0.4, 0.5) is 0 Å². The van der Waals surface area contributed by atoms with Crippen LogP contribution in [0.5, 0.6) is 0 Å². The number of fused-ring (bicyclic) bond motifs is 2. The quantitative estimate of drug-likeness (QED) is 0.651. The second-order valence-electron chi connectivity index (χ2n) is 10.0. The van der Waals surface area contributed by atoms with E-state index >= 15 is 0 Å². The lowest BCUT2D eigenvalue weighted by Crippen LogP contribution is -2.75. The Labute approximate surface area is 181 Å². The second-order valence-corrected chi connectivity index (χ2v) is 10.0. The van der Waals surface area contributed by atoms with Gasteiger partial charge in [0.15, 0.2) is 11.5 Å². The first-order valence-electron chi connectivity index (χ1n) is 10.8. The third-order valence-corrected chi connectivity index (χ3v) is 8.47. The van der Waals surface area contributed by atoms with E-state index in [2.05, 4.69) is 0 Å². The van der Waals surface area contributed by atoms with E-state index in [0.717, 1.165) is 0 Å². The van der Waals surface area contributed by atoms with E-state index in [-0.39, 0.29) is 30.3 Å². The van der Waals surface area contributed by atoms with Gasteiger partial charge < -0.3 is 19.3 Å². The Hall–Kier alpha value is -2.22. The molecule has 3 aliphatic carbocycles. The van der Waals surface area contributed by atoms with Crippen molar-refractivity contribution in [2.75, 3.05) is 7.11 Å². The number of aliphatic hydroxyl groups excluding tert-OH is 1. The number of allylic oxidation sites excluding steroid dienone is 2. The Morgan fingerprint density at radius 3 is 2.45 bits per heavy atom. The van der Waals surface area contributed by atoms with Gasteiger partial charge in [-0.3, -0.25) is 19.2 Å². The molecule has 0 aromatic carbocycles. The minimum Gasteiger partial charge on any atom is -0.493 e. The lowest BCUT2D eigenvalue weighted by Gasteiger charge is -2.66. The van der Waals surface area contributed by atoms with E-state index in [1.165, 1.54) is 14.0 Å². The molecule has 8 nitrogen and oxygen atoms in total. The van der Waals surface area contributed by atoms with Gasteiger partial charge in [-0.2, -0.15) is 0 Å². The van der Waals surface area contributed by atoms with Crippen molar-refractivity contribution in [1.29, 1.82) is 0 Å². The lowest BCUT2D eigenvalue weighted by molar-refractivity contribution is -0.261. The molecule has 0 spiro atoms. The summed E-state index contributed by atoms with van der Waals surface area (Å²) in [5.74, 6) is -3.75. The number of ketones is 2. The van der Waals surface area contributed by atoms with Crippen molar-refractivity contribution in [2.24, 2.45) is 34.5 Å². The van der Waals surface area contributed by atoms with Gasteiger partial charge in [0, 0.05) is 35.5 Å². The van der Waals surface area contributed by atoms with E-state index in [4.69, 9.17) is 14.2 Å². The van der Waals surface area contributed by atoms with Gasteiger partial charge in [0.1, 0.15) is 18.3 Å². The van der Waals surface area contributed by atoms with Gasteiger partial charge in [0.05, 0.1) is 13.5 Å². The van der Waals surface area contributed by atoms with Crippen LogP contribution in [0.1, 0.15) is 47.5 Å². The zero-order valence-corrected chi connectivity index (χ0v) is 18.8. The molecule has 9 atom stereocenters. The summed E-state index contributed by atoms with van der Waals surface area (Å²) in [5, 5.41) is 10.6. The van der Waals surface area contributed by atoms with Crippen molar-refractivity contribution in [3.8, 4) is 0 Å². The third kappa shape index (κ3) is 2.63. The predicted molar refractivity (Wildman–Crippen MR) is 106 cm³/mol. The van der Waals surface area contributed by atoms with Crippen LogP contribution in [-0.2, 0) is 33.4 Å². The topological polar surface area (TPSA) is 116 Å². The van der Waals surface area contributed by atoms with Crippen molar-refractivity contribution < 1.29 is 38.5 Å². The number of hydrogen-bond donors (Lipinski definition) is 1. The highest BCUT2D eigenvalue weighted by molar-refractivity contribution is 6.04. The molecule has 4 aliphatic rings. The minimum atomic E-state index is -1.31. The van der Waals surface area contributed by atoms with Crippen LogP contribution < -0.4 is 0 Å². The van der Waals surface area contributed by atoms with Crippen molar-refractivity contribution in [3.63, 3.8) is 0 Å². The molecule has 0 amide bonds. The molecule has 1 aliphatic heterocycles. The van der Waals surface area contributed by atoms with Gasteiger partial charge in [-0.15, -0.1) is 0 Å². The second kappa shape index (κ2) is 6.89. The number of carbonyl (C=O) groups is 4. The third-order valence-electron chi connectivity index (χ3n) is 8.47. The Kier molecular flexibility index (Phi) is 4.89. The minimum absolute atomic E-state index is 0.0370. The van der Waals surface area contributed by atoms with Gasteiger partial charge in [-0.25, -0.2) is 0 Å². The predicted octanol–water partition coefficient (Wildman–Crippen LogP) is 1.58. The van der Waals surface area contributed by atoms with Gasteiger partial charge in [-0.05, 0) is 24.8 Å². The average molecular weight is 434 g/mol. The first-order valence-corrected chi connectivity index (χ1v) is 10.8. The summed E-state index contributed by atoms with van der Waals surface area (Å²) in [7, 11) is 1.41. The first-order chi connectivity index (χ1) is 14.4. The molecule has 8 heteroatoms. The number of carbonyl (C=O) groups excluding carboxylic acids is 4. The van der Waals surface area contributed by atoms with E-state index in [0.29, 0.717) is 5.57 Å². The Balaban J connectivity index is 2.04. The standard InChI is InChI=1S/C23H30O8/c1-9-7-13(25)20(28)23(5)15(9)18(30-11(3)24)21-22(4)12(8-14(26)31-21)10(2)17(29-6)16(27)19(22)23/h9,12-13,15,18-19,21,25H,7-8H2,1-6H3/t9-,12+,13+,15?,18-,19+,21-,22+,23+/m1/s1. The molecule has 0 bridgehead atoms. The van der Waals surface area contributed by atoms with E-state index < -0.39 is 64.6 Å². The molecule has 0 radical (unpaired) electrons. The van der Waals surface area contributed by atoms with Crippen molar-refractivity contribution in [3.05, 3.63) is 11.3 Å². The fourth-order valence-electron chi connectivity index (χ4n) is 7.49. The maximum Gasteiger partial charge on any atom is 0.306 e. The fourth-order valence-corrected chi connectivity index (χ4v) is 7.49. The van der Waals surface area contributed by atoms with Crippen LogP contribution in [0.25, 0.3) is 0 Å². The Morgan fingerprint density at radius 2 is 1.87 bits per heavy atom. The molecule has 0 aromatic heterocycles. The number of rotatable bonds is 2. The molecule has 170 valence electrons. The molecule has 1 N–H and O–H groups in total. The van der Waals surface area contributed by atoms with Crippen LogP contribution in [0, 0.1) is 34.5 Å². The van der Waals surface area contributed by atoms with Crippen molar-refractivity contribution >= 4 is 23.5 Å². The summed E-state index contributed by atoms with van der Waals surface area (Å²) in [4.78, 5) is 52.1. The number of esters is 2. The molecule has 4 rings (SSSR count). The molecule has 1 heterocycles. The van der Waals surface area contributed by atoms with Gasteiger partial charge in [-0.1, -0.05) is 20.8 Å². The number of Topliss-reactive ketones (excluding diaryl/α,β-unsaturated/α-hetero) is 2. The summed E-state index contributed by atoms with van der Waals surface area (Å²) < 4.78 is 17.0. The number of aliphatic hydroxyl groups is 1. The molecule has 3 fully saturated rings.